The van der Waals surface area contributed by atoms with E-state index in [0.717, 1.165) is 0 Å². The molecule has 1 atom stereocenters. The second-order valence-corrected chi connectivity index (χ2v) is 5.89. The molecule has 2 rings (SSSR count). The van der Waals surface area contributed by atoms with Gasteiger partial charge in [-0.15, -0.1) is 12.4 Å². The maximum absolute atomic E-state index is 12.2. The van der Waals surface area contributed by atoms with E-state index in [2.05, 4.69) is 4.98 Å². The summed E-state index contributed by atoms with van der Waals surface area (Å²) in [6.45, 7) is 0.837. The molecule has 1 aromatic rings. The number of pyridine rings is 1. The third kappa shape index (κ3) is 2.92. The van der Waals surface area contributed by atoms with E-state index >= 15 is 0 Å². The lowest BCUT2D eigenvalue weighted by atomic mass is 10.3. The molecule has 1 saturated heterocycles. The first-order valence-electron chi connectivity index (χ1n) is 5.30. The van der Waals surface area contributed by atoms with Crippen LogP contribution >= 0.6 is 12.4 Å². The van der Waals surface area contributed by atoms with Crippen LogP contribution in [0.25, 0.3) is 0 Å². The normalized spacial score (nSPS) is 20.4. The molecule has 2 N–H and O–H groups in total. The average Bonchev–Trinajstić information content (AvgIpc) is 2.77. The maximum Gasteiger partial charge on any atom is 0.244 e. The van der Waals surface area contributed by atoms with Crippen LogP contribution in [0.2, 0.25) is 0 Å². The van der Waals surface area contributed by atoms with Crippen LogP contribution in [-0.2, 0) is 10.0 Å². The van der Waals surface area contributed by atoms with E-state index in [9.17, 15) is 8.42 Å². The Morgan fingerprint density at radius 2 is 2.22 bits per heavy atom. The Bertz CT molecular complexity index is 492. The number of sulfonamides is 1. The molecular formula is C10H16ClN3O3S. The van der Waals surface area contributed by atoms with Crippen molar-refractivity contribution in [2.24, 2.45) is 5.73 Å². The van der Waals surface area contributed by atoms with Crippen molar-refractivity contribution in [3.63, 3.8) is 0 Å². The zero-order valence-electron chi connectivity index (χ0n) is 9.94. The molecule has 0 aliphatic carbocycles. The summed E-state index contributed by atoms with van der Waals surface area (Å²) in [5.74, 6) is 0.391. The molecule has 102 valence electrons. The van der Waals surface area contributed by atoms with Crippen LogP contribution in [0.5, 0.6) is 5.88 Å². The molecular weight excluding hydrogens is 278 g/mol. The van der Waals surface area contributed by atoms with Crippen molar-refractivity contribution in [2.75, 3.05) is 20.2 Å². The maximum atomic E-state index is 12.2. The highest BCUT2D eigenvalue weighted by molar-refractivity contribution is 7.89. The number of halogens is 1. The van der Waals surface area contributed by atoms with Crippen molar-refractivity contribution in [3.05, 3.63) is 18.3 Å². The van der Waals surface area contributed by atoms with Crippen LogP contribution in [-0.4, -0.2) is 43.9 Å². The number of hydrogen-bond acceptors (Lipinski definition) is 5. The van der Waals surface area contributed by atoms with Crippen molar-refractivity contribution in [2.45, 2.75) is 17.4 Å². The minimum Gasteiger partial charge on any atom is -0.481 e. The molecule has 6 nitrogen and oxygen atoms in total. The highest BCUT2D eigenvalue weighted by Crippen LogP contribution is 2.20. The Hall–Kier alpha value is -0.890. The lowest BCUT2D eigenvalue weighted by molar-refractivity contribution is 0.397. The topological polar surface area (TPSA) is 85.5 Å². The van der Waals surface area contributed by atoms with Gasteiger partial charge in [0.05, 0.1) is 13.3 Å². The van der Waals surface area contributed by atoms with Crippen LogP contribution < -0.4 is 10.5 Å². The predicted molar refractivity (Wildman–Crippen MR) is 69.4 cm³/mol. The van der Waals surface area contributed by atoms with E-state index in [4.69, 9.17) is 10.5 Å². The highest BCUT2D eigenvalue weighted by atomic mass is 35.5. The number of ether oxygens (including phenoxy) is 1. The molecule has 2 heterocycles. The Labute approximate surface area is 113 Å². The molecule has 0 radical (unpaired) electrons. The van der Waals surface area contributed by atoms with E-state index in [0.29, 0.717) is 25.4 Å². The van der Waals surface area contributed by atoms with Gasteiger partial charge in [0.25, 0.3) is 0 Å². The molecule has 0 bridgehead atoms. The summed E-state index contributed by atoms with van der Waals surface area (Å²) >= 11 is 0. The smallest absolute Gasteiger partial charge is 0.244 e. The fourth-order valence-electron chi connectivity index (χ4n) is 1.76. The third-order valence-electron chi connectivity index (χ3n) is 2.74. The molecule has 1 aliphatic heterocycles. The predicted octanol–water partition coefficient (Wildman–Crippen LogP) is 0.234. The Kier molecular flexibility index (Phi) is 4.92. The van der Waals surface area contributed by atoms with Crippen LogP contribution in [0.1, 0.15) is 6.42 Å². The van der Waals surface area contributed by atoms with Gasteiger partial charge in [-0.3, -0.25) is 0 Å². The molecule has 0 spiro atoms. The summed E-state index contributed by atoms with van der Waals surface area (Å²) < 4.78 is 30.6. The molecule has 0 aromatic carbocycles. The summed E-state index contributed by atoms with van der Waals surface area (Å²) in [6, 6.07) is 2.95. The average molecular weight is 294 g/mol. The van der Waals surface area contributed by atoms with Gasteiger partial charge in [-0.2, -0.15) is 4.31 Å². The first-order chi connectivity index (χ1) is 8.04. The van der Waals surface area contributed by atoms with Gasteiger partial charge >= 0.3 is 0 Å². The highest BCUT2D eigenvalue weighted by Gasteiger charge is 2.31. The number of methoxy groups -OCH3 is 1. The van der Waals surface area contributed by atoms with Gasteiger partial charge < -0.3 is 10.5 Å². The van der Waals surface area contributed by atoms with Crippen molar-refractivity contribution in [1.29, 1.82) is 0 Å². The van der Waals surface area contributed by atoms with Crippen molar-refractivity contribution in [3.8, 4) is 5.88 Å². The van der Waals surface area contributed by atoms with Gasteiger partial charge in [0, 0.05) is 25.2 Å². The second kappa shape index (κ2) is 5.83. The Morgan fingerprint density at radius 1 is 1.50 bits per heavy atom. The summed E-state index contributed by atoms with van der Waals surface area (Å²) in [5, 5.41) is 0. The first kappa shape index (κ1) is 15.2. The van der Waals surface area contributed by atoms with Gasteiger partial charge in [-0.05, 0) is 12.5 Å². The van der Waals surface area contributed by atoms with Gasteiger partial charge in [0.15, 0.2) is 0 Å². The van der Waals surface area contributed by atoms with Crippen LogP contribution in [0.4, 0.5) is 0 Å². The largest absolute Gasteiger partial charge is 0.481 e. The number of nitrogens with two attached hydrogens (primary N) is 1. The quantitative estimate of drug-likeness (QED) is 0.862. The van der Waals surface area contributed by atoms with Crippen LogP contribution in [0.3, 0.4) is 0 Å². The van der Waals surface area contributed by atoms with Gasteiger partial charge in [-0.25, -0.2) is 13.4 Å². The number of rotatable bonds is 3. The first-order valence-corrected chi connectivity index (χ1v) is 6.74. The summed E-state index contributed by atoms with van der Waals surface area (Å²) in [6.07, 6.45) is 2.00. The molecule has 0 saturated carbocycles. The molecule has 18 heavy (non-hydrogen) atoms. The number of aromatic nitrogens is 1. The van der Waals surface area contributed by atoms with E-state index in [1.807, 2.05) is 0 Å². The van der Waals surface area contributed by atoms with E-state index in [1.165, 1.54) is 29.7 Å². The molecule has 8 heteroatoms. The van der Waals surface area contributed by atoms with Gasteiger partial charge in [0.1, 0.15) is 4.90 Å². The molecule has 0 amide bonds. The van der Waals surface area contributed by atoms with Crippen LogP contribution in [0.15, 0.2) is 23.2 Å². The second-order valence-electron chi connectivity index (χ2n) is 3.95. The molecule has 1 fully saturated rings. The summed E-state index contributed by atoms with van der Waals surface area (Å²) in [4.78, 5) is 4.07. The van der Waals surface area contributed by atoms with Gasteiger partial charge in [0.2, 0.25) is 15.9 Å². The molecule has 1 aromatic heterocycles. The zero-order chi connectivity index (χ0) is 12.5. The summed E-state index contributed by atoms with van der Waals surface area (Å²) in [7, 11) is -1.98. The standard InChI is InChI=1S/C10H15N3O3S.ClH/c1-16-10-3-2-9(6-12-10)17(14,15)13-5-4-8(11)7-13;/h2-3,6,8H,4-5,7,11H2,1H3;1H/t8-;/m0./s1. The van der Waals surface area contributed by atoms with Gasteiger partial charge in [-0.1, -0.05) is 0 Å². The third-order valence-corrected chi connectivity index (χ3v) is 4.59. The van der Waals surface area contributed by atoms with E-state index in [1.54, 1.807) is 0 Å². The minimum absolute atomic E-state index is 0. The Balaban J connectivity index is 0.00000162. The number of hydrogen-bond donors (Lipinski definition) is 1. The Morgan fingerprint density at radius 3 is 2.67 bits per heavy atom. The van der Waals surface area contributed by atoms with E-state index in [-0.39, 0.29) is 23.3 Å². The number of nitrogens with zero attached hydrogens (tertiary/aromatic N) is 2. The van der Waals surface area contributed by atoms with E-state index < -0.39 is 10.0 Å². The SMILES string of the molecule is COc1ccc(S(=O)(=O)N2CC[C@H](N)C2)cn1.Cl. The fourth-order valence-corrected chi connectivity index (χ4v) is 3.22. The lowest BCUT2D eigenvalue weighted by Gasteiger charge is -2.15. The molecule has 0 unspecified atom stereocenters. The minimum atomic E-state index is -3.46. The van der Waals surface area contributed by atoms with Crippen LogP contribution in [0, 0.1) is 0 Å². The zero-order valence-corrected chi connectivity index (χ0v) is 11.6. The van der Waals surface area contributed by atoms with Crippen molar-refractivity contribution >= 4 is 22.4 Å². The molecule has 1 aliphatic rings. The fraction of sp³-hybridized carbons (Fsp3) is 0.500. The summed E-state index contributed by atoms with van der Waals surface area (Å²) in [5.41, 5.74) is 5.70. The monoisotopic (exact) mass is 293 g/mol. The van der Waals surface area contributed by atoms with Crippen molar-refractivity contribution < 1.29 is 13.2 Å². The lowest BCUT2D eigenvalue weighted by Crippen LogP contribution is -2.32. The van der Waals surface area contributed by atoms with Crippen molar-refractivity contribution in [1.82, 2.24) is 9.29 Å².